The molecule has 0 aliphatic rings. The number of aryl methyl sites for hydroxylation is 1. The fraction of sp³-hybridized carbons (Fsp3) is 0.333. The standard InChI is InChI=1S/C15H19N3O2/c1-12-5-3-4-6-14(12)20-8-7-15(19)18(2)11-13-9-16-17-10-13/h3-6,9-10H,7-8,11H2,1-2H3,(H,16,17). The molecule has 0 saturated carbocycles. The Balaban J connectivity index is 1.76. The molecule has 5 nitrogen and oxygen atoms in total. The molecule has 1 amide bonds. The average Bonchev–Trinajstić information content (AvgIpc) is 2.93. The van der Waals surface area contributed by atoms with Crippen LogP contribution in [-0.2, 0) is 11.3 Å². The van der Waals surface area contributed by atoms with Crippen molar-refractivity contribution in [1.29, 1.82) is 0 Å². The molecule has 106 valence electrons. The number of rotatable bonds is 6. The summed E-state index contributed by atoms with van der Waals surface area (Å²) in [4.78, 5) is 13.6. The topological polar surface area (TPSA) is 58.2 Å². The van der Waals surface area contributed by atoms with Gasteiger partial charge in [-0.05, 0) is 18.6 Å². The molecule has 0 aliphatic heterocycles. The lowest BCUT2D eigenvalue weighted by atomic mass is 10.2. The fourth-order valence-electron chi connectivity index (χ4n) is 1.88. The van der Waals surface area contributed by atoms with Crippen molar-refractivity contribution in [3.05, 3.63) is 47.8 Å². The molecule has 0 radical (unpaired) electrons. The Hall–Kier alpha value is -2.30. The van der Waals surface area contributed by atoms with Gasteiger partial charge in [0.2, 0.25) is 5.91 Å². The van der Waals surface area contributed by atoms with Crippen molar-refractivity contribution in [2.24, 2.45) is 0 Å². The minimum absolute atomic E-state index is 0.0554. The molecule has 0 spiro atoms. The van der Waals surface area contributed by atoms with Crippen LogP contribution >= 0.6 is 0 Å². The summed E-state index contributed by atoms with van der Waals surface area (Å²) in [6.07, 6.45) is 3.86. The third-order valence-electron chi connectivity index (χ3n) is 3.07. The number of hydrogen-bond acceptors (Lipinski definition) is 3. The Morgan fingerprint density at radius 1 is 1.40 bits per heavy atom. The first-order valence-corrected chi connectivity index (χ1v) is 6.57. The molecule has 1 aromatic carbocycles. The zero-order valence-corrected chi connectivity index (χ0v) is 11.8. The van der Waals surface area contributed by atoms with Crippen LogP contribution in [0.1, 0.15) is 17.5 Å². The van der Waals surface area contributed by atoms with Gasteiger partial charge in [0, 0.05) is 25.4 Å². The summed E-state index contributed by atoms with van der Waals surface area (Å²) in [7, 11) is 1.78. The summed E-state index contributed by atoms with van der Waals surface area (Å²) in [5.41, 5.74) is 2.06. The first-order valence-electron chi connectivity index (χ1n) is 6.57. The van der Waals surface area contributed by atoms with E-state index in [4.69, 9.17) is 4.74 Å². The van der Waals surface area contributed by atoms with Gasteiger partial charge in [0.25, 0.3) is 0 Å². The number of carbonyl (C=O) groups excluding carboxylic acids is 1. The van der Waals surface area contributed by atoms with Gasteiger partial charge in [-0.2, -0.15) is 5.10 Å². The summed E-state index contributed by atoms with van der Waals surface area (Å²) in [5, 5.41) is 6.59. The molecule has 1 aromatic heterocycles. The van der Waals surface area contributed by atoms with Crippen LogP contribution < -0.4 is 4.74 Å². The van der Waals surface area contributed by atoms with Gasteiger partial charge in [0.05, 0.1) is 19.2 Å². The number of aromatic amines is 1. The second-order valence-electron chi connectivity index (χ2n) is 4.72. The van der Waals surface area contributed by atoms with E-state index in [9.17, 15) is 4.79 Å². The van der Waals surface area contributed by atoms with E-state index in [1.54, 1.807) is 24.3 Å². The maximum absolute atomic E-state index is 12.0. The highest BCUT2D eigenvalue weighted by atomic mass is 16.5. The van der Waals surface area contributed by atoms with Crippen molar-refractivity contribution in [3.8, 4) is 5.75 Å². The molecule has 2 aromatic rings. The summed E-state index contributed by atoms with van der Waals surface area (Å²) in [6, 6.07) is 7.79. The van der Waals surface area contributed by atoms with Gasteiger partial charge in [-0.15, -0.1) is 0 Å². The molecule has 0 saturated heterocycles. The zero-order valence-electron chi connectivity index (χ0n) is 11.8. The van der Waals surface area contributed by atoms with Crippen LogP contribution in [0.5, 0.6) is 5.75 Å². The number of H-pyrrole nitrogens is 1. The van der Waals surface area contributed by atoms with Crippen LogP contribution in [0.4, 0.5) is 0 Å². The molecule has 0 atom stereocenters. The van der Waals surface area contributed by atoms with Crippen molar-refractivity contribution in [3.63, 3.8) is 0 Å². The van der Waals surface area contributed by atoms with E-state index in [1.165, 1.54) is 0 Å². The van der Waals surface area contributed by atoms with E-state index in [1.807, 2.05) is 31.2 Å². The van der Waals surface area contributed by atoms with Crippen LogP contribution in [0.15, 0.2) is 36.7 Å². The molecule has 0 fully saturated rings. The van der Waals surface area contributed by atoms with Crippen LogP contribution in [0.2, 0.25) is 0 Å². The summed E-state index contributed by atoms with van der Waals surface area (Å²) in [5.74, 6) is 0.887. The van der Waals surface area contributed by atoms with Crippen molar-refractivity contribution in [2.45, 2.75) is 19.9 Å². The third-order valence-corrected chi connectivity index (χ3v) is 3.07. The van der Waals surface area contributed by atoms with E-state index in [0.29, 0.717) is 19.6 Å². The molecule has 1 heterocycles. The lowest BCUT2D eigenvalue weighted by Gasteiger charge is -2.16. The summed E-state index contributed by atoms with van der Waals surface area (Å²) < 4.78 is 5.63. The maximum atomic E-state index is 12.0. The zero-order chi connectivity index (χ0) is 14.4. The van der Waals surface area contributed by atoms with E-state index in [0.717, 1.165) is 16.9 Å². The van der Waals surface area contributed by atoms with Gasteiger partial charge >= 0.3 is 0 Å². The van der Waals surface area contributed by atoms with Gasteiger partial charge in [-0.1, -0.05) is 18.2 Å². The molecular formula is C15H19N3O2. The van der Waals surface area contributed by atoms with Crippen molar-refractivity contribution >= 4 is 5.91 Å². The Morgan fingerprint density at radius 3 is 2.90 bits per heavy atom. The Morgan fingerprint density at radius 2 is 2.20 bits per heavy atom. The highest BCUT2D eigenvalue weighted by Gasteiger charge is 2.10. The van der Waals surface area contributed by atoms with Crippen LogP contribution in [0, 0.1) is 6.92 Å². The summed E-state index contributed by atoms with van der Waals surface area (Å²) >= 11 is 0. The van der Waals surface area contributed by atoms with Gasteiger partial charge < -0.3 is 9.64 Å². The van der Waals surface area contributed by atoms with Gasteiger partial charge in [0.1, 0.15) is 5.75 Å². The minimum atomic E-state index is 0.0554. The SMILES string of the molecule is Cc1ccccc1OCCC(=O)N(C)Cc1cn[nH]c1. The fourth-order valence-corrected chi connectivity index (χ4v) is 1.88. The predicted octanol–water partition coefficient (Wildman–Crippen LogP) is 2.15. The molecular weight excluding hydrogens is 254 g/mol. The van der Waals surface area contributed by atoms with E-state index in [-0.39, 0.29) is 5.91 Å². The van der Waals surface area contributed by atoms with Gasteiger partial charge in [-0.3, -0.25) is 9.89 Å². The normalized spacial score (nSPS) is 10.3. The number of benzene rings is 1. The Bertz CT molecular complexity index is 552. The van der Waals surface area contributed by atoms with Crippen LogP contribution in [0.25, 0.3) is 0 Å². The van der Waals surface area contributed by atoms with Gasteiger partial charge in [0.15, 0.2) is 0 Å². The van der Waals surface area contributed by atoms with Crippen molar-refractivity contribution in [2.75, 3.05) is 13.7 Å². The highest BCUT2D eigenvalue weighted by Crippen LogP contribution is 2.16. The second-order valence-corrected chi connectivity index (χ2v) is 4.72. The monoisotopic (exact) mass is 273 g/mol. The number of amides is 1. The van der Waals surface area contributed by atoms with Crippen molar-refractivity contribution in [1.82, 2.24) is 15.1 Å². The number of para-hydroxylation sites is 1. The Labute approximate surface area is 118 Å². The van der Waals surface area contributed by atoms with E-state index >= 15 is 0 Å². The minimum Gasteiger partial charge on any atom is -0.493 e. The maximum Gasteiger partial charge on any atom is 0.226 e. The molecule has 2 rings (SSSR count). The second kappa shape index (κ2) is 6.75. The highest BCUT2D eigenvalue weighted by molar-refractivity contribution is 5.75. The van der Waals surface area contributed by atoms with E-state index < -0.39 is 0 Å². The number of ether oxygens (including phenoxy) is 1. The lowest BCUT2D eigenvalue weighted by Crippen LogP contribution is -2.27. The molecule has 1 N–H and O–H groups in total. The molecule has 0 aliphatic carbocycles. The first kappa shape index (κ1) is 14.1. The van der Waals surface area contributed by atoms with Crippen LogP contribution in [0.3, 0.4) is 0 Å². The lowest BCUT2D eigenvalue weighted by molar-refractivity contribution is -0.130. The molecule has 0 bridgehead atoms. The largest absolute Gasteiger partial charge is 0.493 e. The quantitative estimate of drug-likeness (QED) is 0.877. The van der Waals surface area contributed by atoms with E-state index in [2.05, 4.69) is 10.2 Å². The first-order chi connectivity index (χ1) is 9.66. The smallest absolute Gasteiger partial charge is 0.226 e. The number of carbonyl (C=O) groups is 1. The summed E-state index contributed by atoms with van der Waals surface area (Å²) in [6.45, 7) is 2.93. The van der Waals surface area contributed by atoms with Crippen LogP contribution in [-0.4, -0.2) is 34.7 Å². The molecule has 20 heavy (non-hydrogen) atoms. The predicted molar refractivity (Wildman–Crippen MR) is 76.4 cm³/mol. The van der Waals surface area contributed by atoms with Gasteiger partial charge in [-0.25, -0.2) is 0 Å². The molecule has 0 unspecified atom stereocenters. The van der Waals surface area contributed by atoms with Crippen molar-refractivity contribution < 1.29 is 9.53 Å². The molecule has 5 heteroatoms. The Kier molecular flexibility index (Phi) is 4.76. The third kappa shape index (κ3) is 3.85. The number of nitrogens with one attached hydrogen (secondary N) is 1. The number of hydrogen-bond donors (Lipinski definition) is 1. The average molecular weight is 273 g/mol. The number of nitrogens with zero attached hydrogens (tertiary/aromatic N) is 2. The number of aromatic nitrogens is 2.